The molecule has 7 aromatic carbocycles. The van der Waals surface area contributed by atoms with Gasteiger partial charge >= 0.3 is 0 Å². The van der Waals surface area contributed by atoms with E-state index in [1.807, 2.05) is 12.1 Å². The molecule has 1 heterocycles. The van der Waals surface area contributed by atoms with E-state index in [9.17, 15) is 0 Å². The first-order valence-corrected chi connectivity index (χ1v) is 14.1. The van der Waals surface area contributed by atoms with Gasteiger partial charge in [0.05, 0.1) is 9.79 Å². The predicted molar refractivity (Wildman–Crippen MR) is 165 cm³/mol. The normalized spacial score (nSPS) is 12.3. The Labute approximate surface area is 231 Å². The van der Waals surface area contributed by atoms with E-state index < -0.39 is 0 Å². The van der Waals surface area contributed by atoms with Crippen molar-refractivity contribution in [1.29, 1.82) is 0 Å². The van der Waals surface area contributed by atoms with Gasteiger partial charge < -0.3 is 4.74 Å². The van der Waals surface area contributed by atoms with Gasteiger partial charge in [-0.25, -0.2) is 0 Å². The van der Waals surface area contributed by atoms with Crippen LogP contribution in [0.4, 0.5) is 0 Å². The van der Waals surface area contributed by atoms with Crippen LogP contribution in [0.25, 0.3) is 54.6 Å². The van der Waals surface area contributed by atoms with Crippen LogP contribution in [0.1, 0.15) is 5.56 Å². The first-order valence-electron chi connectivity index (χ1n) is 13.3. The summed E-state index contributed by atoms with van der Waals surface area (Å²) in [4.78, 5) is 2.30. The summed E-state index contributed by atoms with van der Waals surface area (Å²) in [6, 6.07) is 46.0. The van der Waals surface area contributed by atoms with Crippen molar-refractivity contribution in [3.05, 3.63) is 133 Å². The van der Waals surface area contributed by atoms with Gasteiger partial charge in [-0.05, 0) is 85.8 Å². The maximum absolute atomic E-state index is 6.41. The Morgan fingerprint density at radius 3 is 2.08 bits per heavy atom. The number of para-hydroxylation sites is 1. The first kappa shape index (κ1) is 22.5. The molecule has 1 aliphatic rings. The second kappa shape index (κ2) is 8.76. The van der Waals surface area contributed by atoms with Gasteiger partial charge in [-0.1, -0.05) is 120 Å². The van der Waals surface area contributed by atoms with Gasteiger partial charge in [0.15, 0.2) is 0 Å². The average Bonchev–Trinajstić information content (AvgIpc) is 2.98. The van der Waals surface area contributed by atoms with Crippen molar-refractivity contribution in [2.75, 3.05) is 0 Å². The minimum absolute atomic E-state index is 0.916. The van der Waals surface area contributed by atoms with E-state index in [-0.39, 0.29) is 0 Å². The third kappa shape index (κ3) is 3.56. The van der Waals surface area contributed by atoms with Gasteiger partial charge in [-0.2, -0.15) is 0 Å². The second-order valence-electron chi connectivity index (χ2n) is 10.2. The Morgan fingerprint density at radius 1 is 0.487 bits per heavy atom. The van der Waals surface area contributed by atoms with Crippen LogP contribution in [-0.2, 0) is 0 Å². The highest BCUT2D eigenvalue weighted by Gasteiger charge is 2.21. The predicted octanol–water partition coefficient (Wildman–Crippen LogP) is 11.0. The van der Waals surface area contributed by atoms with Crippen molar-refractivity contribution in [1.82, 2.24) is 0 Å². The Morgan fingerprint density at radius 2 is 1.18 bits per heavy atom. The number of benzene rings is 7. The van der Waals surface area contributed by atoms with Gasteiger partial charge in [-0.3, -0.25) is 0 Å². The molecule has 8 rings (SSSR count). The zero-order valence-electron chi connectivity index (χ0n) is 21.4. The van der Waals surface area contributed by atoms with E-state index in [2.05, 4.69) is 122 Å². The van der Waals surface area contributed by atoms with Crippen LogP contribution in [0.3, 0.4) is 0 Å². The molecule has 1 aliphatic heterocycles. The molecule has 0 saturated carbocycles. The lowest BCUT2D eigenvalue weighted by Gasteiger charge is -2.22. The first-order chi connectivity index (χ1) is 19.2. The molecule has 2 heteroatoms. The molecule has 0 bridgehead atoms. The summed E-state index contributed by atoms with van der Waals surface area (Å²) in [7, 11) is 0. The average molecular weight is 517 g/mol. The van der Waals surface area contributed by atoms with Crippen molar-refractivity contribution in [3.63, 3.8) is 0 Å². The SMILES string of the molecule is Cc1ccc2c(-c3cccc4ccccc34)c3ccccc3c(-c3ccc4c(c3)Oc3ccccc3S4)c2c1. The van der Waals surface area contributed by atoms with E-state index >= 15 is 0 Å². The van der Waals surface area contributed by atoms with Gasteiger partial charge in [0.1, 0.15) is 11.5 Å². The quantitative estimate of drug-likeness (QED) is 0.211. The van der Waals surface area contributed by atoms with Gasteiger partial charge in [0, 0.05) is 0 Å². The van der Waals surface area contributed by atoms with Crippen LogP contribution >= 0.6 is 11.8 Å². The van der Waals surface area contributed by atoms with Crippen LogP contribution in [-0.4, -0.2) is 0 Å². The van der Waals surface area contributed by atoms with Crippen LogP contribution in [0.15, 0.2) is 137 Å². The highest BCUT2D eigenvalue weighted by molar-refractivity contribution is 7.99. The Balaban J connectivity index is 1.44. The number of rotatable bonds is 2. The van der Waals surface area contributed by atoms with Crippen LogP contribution in [0, 0.1) is 6.92 Å². The number of hydrogen-bond acceptors (Lipinski definition) is 2. The zero-order valence-corrected chi connectivity index (χ0v) is 22.3. The summed E-state index contributed by atoms with van der Waals surface area (Å²) < 4.78 is 6.41. The van der Waals surface area contributed by atoms with Crippen molar-refractivity contribution in [2.45, 2.75) is 16.7 Å². The molecule has 1 nitrogen and oxygen atoms in total. The van der Waals surface area contributed by atoms with Crippen molar-refractivity contribution < 1.29 is 4.74 Å². The summed E-state index contributed by atoms with van der Waals surface area (Å²) in [6.07, 6.45) is 0. The summed E-state index contributed by atoms with van der Waals surface area (Å²) in [5, 5.41) is 7.58. The lowest BCUT2D eigenvalue weighted by atomic mass is 9.84. The third-order valence-electron chi connectivity index (χ3n) is 7.76. The molecule has 0 unspecified atom stereocenters. The topological polar surface area (TPSA) is 9.23 Å². The molecule has 0 saturated heterocycles. The largest absolute Gasteiger partial charge is 0.455 e. The Bertz CT molecular complexity index is 2080. The number of ether oxygens (including phenoxy) is 1. The monoisotopic (exact) mass is 516 g/mol. The molecular weight excluding hydrogens is 492 g/mol. The summed E-state index contributed by atoms with van der Waals surface area (Å²) in [6.45, 7) is 2.18. The lowest BCUT2D eigenvalue weighted by Crippen LogP contribution is -1.96. The Hall–Kier alpha value is -4.53. The van der Waals surface area contributed by atoms with E-state index in [1.54, 1.807) is 11.8 Å². The van der Waals surface area contributed by atoms with Crippen molar-refractivity contribution in [3.8, 4) is 33.8 Å². The standard InChI is InChI=1S/C37H24OS/c1-23-17-19-30-31(21-23)36(25-18-20-35-33(22-25)38-32-15-6-7-16-34(32)39-35)28-12-4-5-13-29(28)37(30)27-14-8-10-24-9-2-3-11-26(24)27/h2-22H,1H3. The highest BCUT2D eigenvalue weighted by atomic mass is 32.2. The van der Waals surface area contributed by atoms with Gasteiger partial charge in [-0.15, -0.1) is 0 Å². The molecule has 0 fully saturated rings. The van der Waals surface area contributed by atoms with Gasteiger partial charge in [0.2, 0.25) is 0 Å². The highest BCUT2D eigenvalue weighted by Crippen LogP contribution is 2.50. The van der Waals surface area contributed by atoms with Crippen LogP contribution in [0.5, 0.6) is 11.5 Å². The second-order valence-corrected chi connectivity index (χ2v) is 11.3. The fourth-order valence-electron chi connectivity index (χ4n) is 6.02. The number of aryl methyl sites for hydroxylation is 1. The molecule has 0 atom stereocenters. The molecule has 0 spiro atoms. The number of fused-ring (bicyclic) bond motifs is 5. The van der Waals surface area contributed by atoms with E-state index in [0.717, 1.165) is 21.3 Å². The van der Waals surface area contributed by atoms with Crippen LogP contribution in [0.2, 0.25) is 0 Å². The van der Waals surface area contributed by atoms with Crippen molar-refractivity contribution in [2.24, 2.45) is 0 Å². The molecular formula is C37H24OS. The molecule has 39 heavy (non-hydrogen) atoms. The lowest BCUT2D eigenvalue weighted by molar-refractivity contribution is 0.455. The fraction of sp³-hybridized carbons (Fsp3) is 0.0270. The maximum Gasteiger partial charge on any atom is 0.142 e. The maximum atomic E-state index is 6.41. The zero-order chi connectivity index (χ0) is 25.9. The summed E-state index contributed by atoms with van der Waals surface area (Å²) in [5.41, 5.74) is 6.24. The van der Waals surface area contributed by atoms with Crippen LogP contribution < -0.4 is 4.74 Å². The fourth-order valence-corrected chi connectivity index (χ4v) is 6.95. The molecule has 7 aromatic rings. The molecule has 0 N–H and O–H groups in total. The summed E-state index contributed by atoms with van der Waals surface area (Å²) >= 11 is 1.77. The molecule has 0 radical (unpaired) electrons. The minimum atomic E-state index is 0.916. The summed E-state index contributed by atoms with van der Waals surface area (Å²) in [5.74, 6) is 1.84. The number of hydrogen-bond donors (Lipinski definition) is 0. The van der Waals surface area contributed by atoms with E-state index in [4.69, 9.17) is 4.74 Å². The molecule has 184 valence electrons. The minimum Gasteiger partial charge on any atom is -0.455 e. The van der Waals surface area contributed by atoms with Gasteiger partial charge in [0.25, 0.3) is 0 Å². The Kier molecular flexibility index (Phi) is 5.04. The molecule has 0 aromatic heterocycles. The third-order valence-corrected chi connectivity index (χ3v) is 8.87. The molecule has 0 aliphatic carbocycles. The van der Waals surface area contributed by atoms with E-state index in [0.29, 0.717) is 0 Å². The van der Waals surface area contributed by atoms with E-state index in [1.165, 1.54) is 60.1 Å². The van der Waals surface area contributed by atoms with Crippen molar-refractivity contribution >= 4 is 44.1 Å². The molecule has 0 amide bonds. The smallest absolute Gasteiger partial charge is 0.142 e.